The third-order valence-corrected chi connectivity index (χ3v) is 5.87. The van der Waals surface area contributed by atoms with Crippen molar-refractivity contribution in [1.82, 2.24) is 0 Å². The minimum absolute atomic E-state index is 0.561. The lowest BCUT2D eigenvalue weighted by atomic mass is 9.87. The number of halogens is 3. The number of hydrogen-bond acceptors (Lipinski definition) is 1. The molecule has 2 aromatic carbocycles. The van der Waals surface area contributed by atoms with Crippen LogP contribution < -0.4 is 9.80 Å². The molecule has 1 heterocycles. The highest BCUT2D eigenvalue weighted by atomic mass is 19.4. The fourth-order valence-corrected chi connectivity index (χ4v) is 4.39. The first kappa shape index (κ1) is 17.4. The number of fused-ring (bicyclic) bond motifs is 1. The van der Waals surface area contributed by atoms with Gasteiger partial charge in [0.15, 0.2) is 0 Å². The quantitative estimate of drug-likeness (QED) is 0.864. The van der Waals surface area contributed by atoms with E-state index in [4.69, 9.17) is 0 Å². The van der Waals surface area contributed by atoms with E-state index >= 15 is 0 Å². The molecular formula is C21H24F3N2+. The van der Waals surface area contributed by atoms with Crippen molar-refractivity contribution in [2.24, 2.45) is 0 Å². The van der Waals surface area contributed by atoms with Gasteiger partial charge in [-0.1, -0.05) is 30.3 Å². The SMILES string of the molecule is FC(F)(F)c1cccc(N2CC[NH+]([C@@H]3CCc4ccccc4C3)CC2)c1. The summed E-state index contributed by atoms with van der Waals surface area (Å²) in [6.45, 7) is 3.61. The van der Waals surface area contributed by atoms with E-state index in [9.17, 15) is 13.2 Å². The lowest BCUT2D eigenvalue weighted by molar-refractivity contribution is -0.926. The summed E-state index contributed by atoms with van der Waals surface area (Å²) in [7, 11) is 0. The van der Waals surface area contributed by atoms with Crippen LogP contribution in [0, 0.1) is 0 Å². The molecule has 1 fully saturated rings. The molecule has 4 rings (SSSR count). The van der Waals surface area contributed by atoms with E-state index in [1.165, 1.54) is 29.7 Å². The van der Waals surface area contributed by atoms with Crippen molar-refractivity contribution >= 4 is 5.69 Å². The molecule has 1 N–H and O–H groups in total. The van der Waals surface area contributed by atoms with Crippen LogP contribution in [-0.4, -0.2) is 32.2 Å². The van der Waals surface area contributed by atoms with Gasteiger partial charge >= 0.3 is 6.18 Å². The number of quaternary nitrogens is 1. The molecule has 1 aliphatic heterocycles. The van der Waals surface area contributed by atoms with E-state index in [0.717, 1.165) is 45.1 Å². The Kier molecular flexibility index (Phi) is 4.65. The summed E-state index contributed by atoms with van der Waals surface area (Å²) in [5.41, 5.74) is 3.07. The molecule has 0 radical (unpaired) electrons. The van der Waals surface area contributed by atoms with Crippen molar-refractivity contribution in [2.75, 3.05) is 31.1 Å². The van der Waals surface area contributed by atoms with Crippen LogP contribution in [0.3, 0.4) is 0 Å². The molecule has 0 bridgehead atoms. The first-order valence-corrected chi connectivity index (χ1v) is 9.34. The fourth-order valence-electron chi connectivity index (χ4n) is 4.39. The molecule has 5 heteroatoms. The van der Waals surface area contributed by atoms with Crippen LogP contribution in [0.2, 0.25) is 0 Å². The number of hydrogen-bond donors (Lipinski definition) is 1. The molecule has 26 heavy (non-hydrogen) atoms. The summed E-state index contributed by atoms with van der Waals surface area (Å²) in [5.74, 6) is 0. The van der Waals surface area contributed by atoms with Crippen LogP contribution in [0.1, 0.15) is 23.1 Å². The number of piperazine rings is 1. The van der Waals surface area contributed by atoms with Crippen molar-refractivity contribution in [3.63, 3.8) is 0 Å². The van der Waals surface area contributed by atoms with Crippen LogP contribution in [0.25, 0.3) is 0 Å². The molecule has 2 aliphatic rings. The topological polar surface area (TPSA) is 7.68 Å². The largest absolute Gasteiger partial charge is 0.416 e. The minimum atomic E-state index is -4.28. The number of nitrogens with zero attached hydrogens (tertiary/aromatic N) is 1. The molecule has 0 saturated carbocycles. The monoisotopic (exact) mass is 361 g/mol. The summed E-state index contributed by atoms with van der Waals surface area (Å²) in [6.07, 6.45) is -0.814. The molecule has 0 aromatic heterocycles. The Morgan fingerprint density at radius 1 is 0.923 bits per heavy atom. The van der Waals surface area contributed by atoms with Crippen LogP contribution in [0.15, 0.2) is 48.5 Å². The Hall–Kier alpha value is -2.01. The van der Waals surface area contributed by atoms with Crippen molar-refractivity contribution in [1.29, 1.82) is 0 Å². The van der Waals surface area contributed by atoms with Crippen LogP contribution in [-0.2, 0) is 19.0 Å². The van der Waals surface area contributed by atoms with Gasteiger partial charge in [-0.05, 0) is 35.7 Å². The number of aryl methyl sites for hydroxylation is 1. The van der Waals surface area contributed by atoms with Crippen LogP contribution >= 0.6 is 0 Å². The molecule has 0 spiro atoms. The second-order valence-corrected chi connectivity index (χ2v) is 7.40. The fraction of sp³-hybridized carbons (Fsp3) is 0.429. The summed E-state index contributed by atoms with van der Waals surface area (Å²) >= 11 is 0. The first-order valence-electron chi connectivity index (χ1n) is 9.34. The molecule has 1 aliphatic carbocycles. The summed E-state index contributed by atoms with van der Waals surface area (Å²) in [4.78, 5) is 3.69. The van der Waals surface area contributed by atoms with Gasteiger partial charge in [0.05, 0.1) is 37.8 Å². The van der Waals surface area contributed by atoms with Gasteiger partial charge in [-0.2, -0.15) is 13.2 Å². The minimum Gasteiger partial charge on any atom is -0.360 e. The Morgan fingerprint density at radius 2 is 1.65 bits per heavy atom. The van der Waals surface area contributed by atoms with Gasteiger partial charge in [0, 0.05) is 18.5 Å². The molecule has 2 aromatic rings. The van der Waals surface area contributed by atoms with Gasteiger partial charge in [-0.3, -0.25) is 0 Å². The maximum absolute atomic E-state index is 12.9. The van der Waals surface area contributed by atoms with Gasteiger partial charge < -0.3 is 9.80 Å². The molecule has 2 nitrogen and oxygen atoms in total. The highest BCUT2D eigenvalue weighted by molar-refractivity contribution is 5.49. The zero-order valence-corrected chi connectivity index (χ0v) is 14.7. The van der Waals surface area contributed by atoms with E-state index < -0.39 is 11.7 Å². The van der Waals surface area contributed by atoms with E-state index in [1.807, 2.05) is 0 Å². The molecule has 0 unspecified atom stereocenters. The van der Waals surface area contributed by atoms with Gasteiger partial charge in [0.1, 0.15) is 0 Å². The van der Waals surface area contributed by atoms with E-state index in [2.05, 4.69) is 29.2 Å². The maximum atomic E-state index is 12.9. The first-order chi connectivity index (χ1) is 12.5. The average Bonchev–Trinajstić information content (AvgIpc) is 2.67. The Balaban J connectivity index is 1.39. The standard InChI is InChI=1S/C21H23F3N2/c22-21(23,24)18-6-3-7-19(15-18)25-10-12-26(13-11-25)20-9-8-16-4-1-2-5-17(16)14-20/h1-7,15,20H,8-14H2/p+1/t20-/m1/s1. The Bertz CT molecular complexity index is 764. The maximum Gasteiger partial charge on any atom is 0.416 e. The van der Waals surface area contributed by atoms with E-state index in [0.29, 0.717) is 11.7 Å². The number of alkyl halides is 3. The lowest BCUT2D eigenvalue weighted by Crippen LogP contribution is -3.18. The summed E-state index contributed by atoms with van der Waals surface area (Å²) in [6, 6.07) is 15.0. The molecule has 1 atom stereocenters. The predicted octanol–water partition coefficient (Wildman–Crippen LogP) is 2.97. The highest BCUT2D eigenvalue weighted by Crippen LogP contribution is 2.31. The molecular weight excluding hydrogens is 337 g/mol. The third-order valence-electron chi connectivity index (χ3n) is 5.87. The third kappa shape index (κ3) is 3.58. The second-order valence-electron chi connectivity index (χ2n) is 7.40. The zero-order valence-electron chi connectivity index (χ0n) is 14.7. The van der Waals surface area contributed by atoms with Crippen molar-refractivity contribution in [3.05, 3.63) is 65.2 Å². The summed E-state index contributed by atoms with van der Waals surface area (Å²) < 4.78 is 38.8. The smallest absolute Gasteiger partial charge is 0.360 e. The highest BCUT2D eigenvalue weighted by Gasteiger charge is 2.33. The number of benzene rings is 2. The molecule has 1 saturated heterocycles. The number of nitrogens with one attached hydrogen (secondary N) is 1. The van der Waals surface area contributed by atoms with Crippen LogP contribution in [0.5, 0.6) is 0 Å². The summed E-state index contributed by atoms with van der Waals surface area (Å²) in [5, 5.41) is 0. The molecule has 138 valence electrons. The Morgan fingerprint density at radius 3 is 2.38 bits per heavy atom. The Labute approximate surface area is 152 Å². The van der Waals surface area contributed by atoms with Crippen molar-refractivity contribution in [3.8, 4) is 0 Å². The molecule has 0 amide bonds. The van der Waals surface area contributed by atoms with Crippen molar-refractivity contribution < 1.29 is 18.1 Å². The van der Waals surface area contributed by atoms with Crippen LogP contribution in [0.4, 0.5) is 18.9 Å². The van der Waals surface area contributed by atoms with E-state index in [-0.39, 0.29) is 0 Å². The average molecular weight is 361 g/mol. The van der Waals surface area contributed by atoms with Gasteiger partial charge in [0.25, 0.3) is 0 Å². The van der Waals surface area contributed by atoms with Gasteiger partial charge in [-0.15, -0.1) is 0 Å². The van der Waals surface area contributed by atoms with Crippen molar-refractivity contribution in [2.45, 2.75) is 31.5 Å². The van der Waals surface area contributed by atoms with E-state index in [1.54, 1.807) is 11.0 Å². The number of anilines is 1. The lowest BCUT2D eigenvalue weighted by Gasteiger charge is -2.39. The second kappa shape index (κ2) is 6.95. The normalized spacial score (nSPS) is 21.5. The predicted molar refractivity (Wildman–Crippen MR) is 96.6 cm³/mol. The van der Waals surface area contributed by atoms with Gasteiger partial charge in [-0.25, -0.2) is 0 Å². The number of rotatable bonds is 2. The zero-order chi connectivity index (χ0) is 18.1. The van der Waals surface area contributed by atoms with Gasteiger partial charge in [0.2, 0.25) is 0 Å².